The number of amides is 1. The fourth-order valence-electron chi connectivity index (χ4n) is 2.80. The summed E-state index contributed by atoms with van der Waals surface area (Å²) in [5.41, 5.74) is 0. The minimum atomic E-state index is 0.00631. The van der Waals surface area contributed by atoms with Crippen LogP contribution in [0, 0.1) is 0 Å². The number of unbranched alkanes of at least 4 members (excludes halogenated alkanes) is 8. The molecule has 0 aliphatic carbocycles. The van der Waals surface area contributed by atoms with Gasteiger partial charge in [-0.25, -0.2) is 0 Å². The summed E-state index contributed by atoms with van der Waals surface area (Å²) in [5, 5.41) is 3.09. The van der Waals surface area contributed by atoms with E-state index in [0.717, 1.165) is 26.1 Å². The van der Waals surface area contributed by atoms with Crippen LogP contribution in [0.2, 0.25) is 0 Å². The van der Waals surface area contributed by atoms with E-state index in [9.17, 15) is 4.79 Å². The Balaban J connectivity index is 3.81. The summed E-state index contributed by atoms with van der Waals surface area (Å²) in [6, 6.07) is 0.00631. The molecular formula is C19H40N2O. The smallest absolute Gasteiger partial charge is 0.237 e. The van der Waals surface area contributed by atoms with E-state index in [4.69, 9.17) is 0 Å². The van der Waals surface area contributed by atoms with Crippen LogP contribution in [0.5, 0.6) is 0 Å². The zero-order valence-corrected chi connectivity index (χ0v) is 15.6. The van der Waals surface area contributed by atoms with Crippen molar-refractivity contribution in [1.29, 1.82) is 0 Å². The van der Waals surface area contributed by atoms with Crippen LogP contribution in [-0.4, -0.2) is 36.5 Å². The van der Waals surface area contributed by atoms with E-state index >= 15 is 0 Å². The van der Waals surface area contributed by atoms with Gasteiger partial charge in [0.2, 0.25) is 5.91 Å². The highest BCUT2D eigenvalue weighted by molar-refractivity contribution is 5.81. The van der Waals surface area contributed by atoms with Gasteiger partial charge in [-0.2, -0.15) is 0 Å². The first kappa shape index (κ1) is 21.4. The van der Waals surface area contributed by atoms with Crippen molar-refractivity contribution in [2.45, 2.75) is 97.9 Å². The average molecular weight is 313 g/mol. The third kappa shape index (κ3) is 11.1. The Morgan fingerprint density at radius 1 is 0.864 bits per heavy atom. The molecule has 132 valence electrons. The maximum absolute atomic E-state index is 12.2. The molecule has 0 aliphatic heterocycles. The van der Waals surface area contributed by atoms with Crippen molar-refractivity contribution in [2.24, 2.45) is 0 Å². The predicted molar refractivity (Wildman–Crippen MR) is 97.2 cm³/mol. The molecule has 0 fully saturated rings. The summed E-state index contributed by atoms with van der Waals surface area (Å²) in [6.45, 7) is 11.5. The first-order valence-electron chi connectivity index (χ1n) is 9.69. The normalized spacial score (nSPS) is 12.6. The molecule has 0 rings (SSSR count). The third-order valence-corrected chi connectivity index (χ3v) is 4.46. The highest BCUT2D eigenvalue weighted by Crippen LogP contribution is 2.08. The molecule has 1 N–H and O–H groups in total. The highest BCUT2D eigenvalue weighted by atomic mass is 16.2. The Labute approximate surface area is 139 Å². The molecule has 0 aromatic rings. The molecule has 0 spiro atoms. The molecular weight excluding hydrogens is 272 g/mol. The van der Waals surface area contributed by atoms with Crippen LogP contribution in [0.3, 0.4) is 0 Å². The van der Waals surface area contributed by atoms with Gasteiger partial charge in [0.05, 0.1) is 6.04 Å². The van der Waals surface area contributed by atoms with Gasteiger partial charge < -0.3 is 5.32 Å². The molecule has 0 aromatic carbocycles. The van der Waals surface area contributed by atoms with Crippen LogP contribution >= 0.6 is 0 Å². The number of rotatable bonds is 15. The summed E-state index contributed by atoms with van der Waals surface area (Å²) in [6.07, 6.45) is 12.7. The van der Waals surface area contributed by atoms with E-state index in [1.54, 1.807) is 0 Å². The number of carbonyl (C=O) groups excluding carboxylic acids is 1. The molecule has 1 atom stereocenters. The summed E-state index contributed by atoms with van der Waals surface area (Å²) in [7, 11) is 0. The summed E-state index contributed by atoms with van der Waals surface area (Å²) >= 11 is 0. The van der Waals surface area contributed by atoms with Crippen molar-refractivity contribution in [3.8, 4) is 0 Å². The van der Waals surface area contributed by atoms with E-state index in [1.807, 2.05) is 6.92 Å². The molecule has 1 amide bonds. The minimum absolute atomic E-state index is 0.00631. The second-order valence-corrected chi connectivity index (χ2v) is 6.42. The van der Waals surface area contributed by atoms with Crippen LogP contribution in [0.15, 0.2) is 0 Å². The lowest BCUT2D eigenvalue weighted by Crippen LogP contribution is -2.45. The molecule has 3 nitrogen and oxygen atoms in total. The Hall–Kier alpha value is -0.570. The average Bonchev–Trinajstić information content (AvgIpc) is 2.53. The van der Waals surface area contributed by atoms with Gasteiger partial charge in [0.1, 0.15) is 0 Å². The maximum atomic E-state index is 12.2. The second kappa shape index (κ2) is 15.3. The van der Waals surface area contributed by atoms with E-state index in [2.05, 4.69) is 31.0 Å². The highest BCUT2D eigenvalue weighted by Gasteiger charge is 2.18. The lowest BCUT2D eigenvalue weighted by Gasteiger charge is -2.27. The van der Waals surface area contributed by atoms with Crippen LogP contribution in [0.4, 0.5) is 0 Å². The SMILES string of the molecule is CCCCCCCCN(CC)C(C)C(=O)NCCCCCC. The minimum Gasteiger partial charge on any atom is -0.355 e. The first-order valence-corrected chi connectivity index (χ1v) is 9.69. The van der Waals surface area contributed by atoms with Crippen LogP contribution in [-0.2, 0) is 4.79 Å². The van der Waals surface area contributed by atoms with Crippen molar-refractivity contribution >= 4 is 5.91 Å². The molecule has 1 unspecified atom stereocenters. The number of likely N-dealkylation sites (N-methyl/N-ethyl adjacent to an activating group) is 1. The zero-order chi connectivity index (χ0) is 16.6. The first-order chi connectivity index (χ1) is 10.7. The summed E-state index contributed by atoms with van der Waals surface area (Å²) in [4.78, 5) is 14.5. The fraction of sp³-hybridized carbons (Fsp3) is 0.947. The molecule has 0 aliphatic rings. The monoisotopic (exact) mass is 312 g/mol. The summed E-state index contributed by atoms with van der Waals surface area (Å²) < 4.78 is 0. The zero-order valence-electron chi connectivity index (χ0n) is 15.6. The van der Waals surface area contributed by atoms with E-state index in [0.29, 0.717) is 0 Å². The molecule has 0 radical (unpaired) electrons. The standard InChI is InChI=1S/C19H40N2O/c1-5-8-10-12-13-15-17-21(7-3)18(4)19(22)20-16-14-11-9-6-2/h18H,5-17H2,1-4H3,(H,20,22). The Kier molecular flexibility index (Phi) is 14.9. The maximum Gasteiger partial charge on any atom is 0.237 e. The van der Waals surface area contributed by atoms with Crippen LogP contribution < -0.4 is 5.32 Å². The van der Waals surface area contributed by atoms with E-state index in [-0.39, 0.29) is 11.9 Å². The molecule has 22 heavy (non-hydrogen) atoms. The predicted octanol–water partition coefficient (Wildman–Crippen LogP) is 4.75. The van der Waals surface area contributed by atoms with Crippen molar-refractivity contribution in [3.05, 3.63) is 0 Å². The molecule has 0 saturated carbocycles. The molecule has 0 saturated heterocycles. The van der Waals surface area contributed by atoms with Gasteiger partial charge in [0.15, 0.2) is 0 Å². The van der Waals surface area contributed by atoms with Gasteiger partial charge in [-0.1, -0.05) is 72.1 Å². The summed E-state index contributed by atoms with van der Waals surface area (Å²) in [5.74, 6) is 0.198. The van der Waals surface area contributed by atoms with E-state index < -0.39 is 0 Å². The topological polar surface area (TPSA) is 32.3 Å². The molecule has 3 heteroatoms. The van der Waals surface area contributed by atoms with Crippen molar-refractivity contribution in [2.75, 3.05) is 19.6 Å². The van der Waals surface area contributed by atoms with E-state index in [1.165, 1.54) is 57.8 Å². The number of nitrogens with zero attached hydrogens (tertiary/aromatic N) is 1. The fourth-order valence-corrected chi connectivity index (χ4v) is 2.80. The van der Waals surface area contributed by atoms with Gasteiger partial charge in [-0.3, -0.25) is 9.69 Å². The number of hydrogen-bond donors (Lipinski definition) is 1. The number of carbonyl (C=O) groups is 1. The number of hydrogen-bond acceptors (Lipinski definition) is 2. The largest absolute Gasteiger partial charge is 0.355 e. The molecule has 0 aromatic heterocycles. The van der Waals surface area contributed by atoms with Crippen LogP contribution in [0.25, 0.3) is 0 Å². The van der Waals surface area contributed by atoms with Crippen molar-refractivity contribution < 1.29 is 4.79 Å². The molecule has 0 heterocycles. The number of nitrogens with one attached hydrogen (secondary N) is 1. The Morgan fingerprint density at radius 3 is 2.00 bits per heavy atom. The lowest BCUT2D eigenvalue weighted by molar-refractivity contribution is -0.125. The van der Waals surface area contributed by atoms with Gasteiger partial charge in [0, 0.05) is 6.54 Å². The van der Waals surface area contributed by atoms with Crippen LogP contribution in [0.1, 0.15) is 91.9 Å². The van der Waals surface area contributed by atoms with Crippen molar-refractivity contribution in [3.63, 3.8) is 0 Å². The quantitative estimate of drug-likeness (QED) is 0.442. The third-order valence-electron chi connectivity index (χ3n) is 4.46. The Morgan fingerprint density at radius 2 is 1.41 bits per heavy atom. The van der Waals surface area contributed by atoms with Gasteiger partial charge in [-0.15, -0.1) is 0 Å². The molecule has 0 bridgehead atoms. The van der Waals surface area contributed by atoms with Crippen molar-refractivity contribution in [1.82, 2.24) is 10.2 Å². The van der Waals surface area contributed by atoms with Gasteiger partial charge in [-0.05, 0) is 32.9 Å². The van der Waals surface area contributed by atoms with Gasteiger partial charge in [0.25, 0.3) is 0 Å². The second-order valence-electron chi connectivity index (χ2n) is 6.42. The lowest BCUT2D eigenvalue weighted by atomic mass is 10.1. The Bertz CT molecular complexity index is 256. The van der Waals surface area contributed by atoms with Gasteiger partial charge >= 0.3 is 0 Å².